The zero-order valence-corrected chi connectivity index (χ0v) is 14.2. The lowest BCUT2D eigenvalue weighted by Gasteiger charge is -2.07. The third-order valence-electron chi connectivity index (χ3n) is 3.86. The van der Waals surface area contributed by atoms with Crippen molar-refractivity contribution >= 4 is 17.2 Å². The second-order valence-electron chi connectivity index (χ2n) is 5.84. The molecule has 0 radical (unpaired) electrons. The highest BCUT2D eigenvalue weighted by Gasteiger charge is 2.10. The van der Waals surface area contributed by atoms with Crippen molar-refractivity contribution in [1.82, 2.24) is 14.7 Å². The second-order valence-corrected chi connectivity index (χ2v) is 5.84. The van der Waals surface area contributed by atoms with Crippen LogP contribution in [0.15, 0.2) is 48.8 Å². The number of carbonyl (C=O) groups excluding carboxylic acids is 1. The highest BCUT2D eigenvalue weighted by molar-refractivity contribution is 5.77. The standard InChI is InChI=1S/C19H22N4O2/c1-2-3-10-21-18(24)13-25-17-5-4-11-23-12-16(22-19(17)23)14-6-8-15(20)9-7-14/h4-9,11-12H,2-3,10,13,20H2,1H3,(H,21,24). The summed E-state index contributed by atoms with van der Waals surface area (Å²) in [4.78, 5) is 16.4. The molecule has 0 atom stereocenters. The summed E-state index contributed by atoms with van der Waals surface area (Å²) >= 11 is 0. The zero-order valence-electron chi connectivity index (χ0n) is 14.2. The summed E-state index contributed by atoms with van der Waals surface area (Å²) in [6.45, 7) is 2.74. The van der Waals surface area contributed by atoms with E-state index in [1.165, 1.54) is 0 Å². The van der Waals surface area contributed by atoms with E-state index in [0.717, 1.165) is 24.1 Å². The van der Waals surface area contributed by atoms with Crippen LogP contribution in [0.3, 0.4) is 0 Å². The molecule has 2 heterocycles. The van der Waals surface area contributed by atoms with E-state index in [-0.39, 0.29) is 12.5 Å². The first-order valence-corrected chi connectivity index (χ1v) is 8.40. The van der Waals surface area contributed by atoms with Crippen LogP contribution in [-0.4, -0.2) is 28.4 Å². The summed E-state index contributed by atoms with van der Waals surface area (Å²) in [6.07, 6.45) is 5.83. The van der Waals surface area contributed by atoms with Crippen LogP contribution >= 0.6 is 0 Å². The number of carbonyl (C=O) groups is 1. The number of pyridine rings is 1. The average molecular weight is 338 g/mol. The molecule has 3 N–H and O–H groups in total. The van der Waals surface area contributed by atoms with Gasteiger partial charge in [0.2, 0.25) is 0 Å². The van der Waals surface area contributed by atoms with Gasteiger partial charge in [-0.25, -0.2) is 4.98 Å². The van der Waals surface area contributed by atoms with Gasteiger partial charge in [-0.3, -0.25) is 4.79 Å². The number of hydrogen-bond acceptors (Lipinski definition) is 4. The molecule has 0 saturated carbocycles. The number of imidazole rings is 1. The molecule has 0 saturated heterocycles. The lowest BCUT2D eigenvalue weighted by molar-refractivity contribution is -0.123. The zero-order chi connectivity index (χ0) is 17.6. The number of aromatic nitrogens is 2. The minimum absolute atomic E-state index is 0.0204. The maximum Gasteiger partial charge on any atom is 0.257 e. The molecule has 3 aromatic rings. The number of nitrogens with two attached hydrogens (primary N) is 1. The number of unbranched alkanes of at least 4 members (excludes halogenated alkanes) is 1. The molecule has 0 aliphatic rings. The summed E-state index contributed by atoms with van der Waals surface area (Å²) in [5, 5.41) is 2.84. The van der Waals surface area contributed by atoms with Crippen LogP contribution in [0.1, 0.15) is 19.8 Å². The Morgan fingerprint density at radius 2 is 2.08 bits per heavy atom. The number of fused-ring (bicyclic) bond motifs is 1. The molecule has 25 heavy (non-hydrogen) atoms. The molecular weight excluding hydrogens is 316 g/mol. The van der Waals surface area contributed by atoms with E-state index >= 15 is 0 Å². The number of hydrogen-bond donors (Lipinski definition) is 2. The Bertz CT molecular complexity index is 855. The largest absolute Gasteiger partial charge is 0.480 e. The van der Waals surface area contributed by atoms with Crippen LogP contribution < -0.4 is 15.8 Å². The average Bonchev–Trinajstić information content (AvgIpc) is 3.05. The fraction of sp³-hybridized carbons (Fsp3) is 0.263. The van der Waals surface area contributed by atoms with Crippen LogP contribution in [-0.2, 0) is 4.79 Å². The molecule has 6 nitrogen and oxygen atoms in total. The van der Waals surface area contributed by atoms with E-state index in [1.807, 2.05) is 53.2 Å². The third-order valence-corrected chi connectivity index (χ3v) is 3.86. The number of nitrogen functional groups attached to an aromatic ring is 1. The van der Waals surface area contributed by atoms with Crippen molar-refractivity contribution in [3.8, 4) is 17.0 Å². The lowest BCUT2D eigenvalue weighted by atomic mass is 10.1. The number of nitrogens with one attached hydrogen (secondary N) is 1. The second kappa shape index (κ2) is 7.70. The van der Waals surface area contributed by atoms with Gasteiger partial charge in [0.25, 0.3) is 5.91 Å². The van der Waals surface area contributed by atoms with Crippen molar-refractivity contribution in [1.29, 1.82) is 0 Å². The molecule has 130 valence electrons. The number of rotatable bonds is 7. The van der Waals surface area contributed by atoms with Gasteiger partial charge in [-0.1, -0.05) is 25.5 Å². The Hall–Kier alpha value is -3.02. The van der Waals surface area contributed by atoms with Gasteiger partial charge in [0.15, 0.2) is 18.0 Å². The van der Waals surface area contributed by atoms with Gasteiger partial charge in [0.1, 0.15) is 0 Å². The van der Waals surface area contributed by atoms with Gasteiger partial charge in [-0.05, 0) is 30.7 Å². The SMILES string of the molecule is CCCCNC(=O)COc1cccn2cc(-c3ccc(N)cc3)nc12. The monoisotopic (exact) mass is 338 g/mol. The van der Waals surface area contributed by atoms with Crippen molar-refractivity contribution in [3.63, 3.8) is 0 Å². The molecule has 0 spiro atoms. The van der Waals surface area contributed by atoms with E-state index in [0.29, 0.717) is 23.6 Å². The molecule has 1 amide bonds. The van der Waals surface area contributed by atoms with Crippen LogP contribution in [0.4, 0.5) is 5.69 Å². The molecule has 0 unspecified atom stereocenters. The molecule has 6 heteroatoms. The van der Waals surface area contributed by atoms with Crippen molar-refractivity contribution in [2.75, 3.05) is 18.9 Å². The minimum atomic E-state index is -0.124. The van der Waals surface area contributed by atoms with E-state index in [2.05, 4.69) is 17.2 Å². The predicted octanol–water partition coefficient (Wildman–Crippen LogP) is 2.88. The van der Waals surface area contributed by atoms with Gasteiger partial charge in [0.05, 0.1) is 5.69 Å². The van der Waals surface area contributed by atoms with Crippen LogP contribution in [0.25, 0.3) is 16.9 Å². The summed E-state index contributed by atoms with van der Waals surface area (Å²) in [6, 6.07) is 11.2. The molecule has 0 bridgehead atoms. The Morgan fingerprint density at radius 1 is 1.28 bits per heavy atom. The predicted molar refractivity (Wildman–Crippen MR) is 98.5 cm³/mol. The Kier molecular flexibility index (Phi) is 5.18. The van der Waals surface area contributed by atoms with Crippen molar-refractivity contribution in [2.45, 2.75) is 19.8 Å². The fourth-order valence-electron chi connectivity index (χ4n) is 2.49. The summed E-state index contributed by atoms with van der Waals surface area (Å²) in [5.74, 6) is 0.454. The fourth-order valence-corrected chi connectivity index (χ4v) is 2.49. The maximum absolute atomic E-state index is 11.8. The van der Waals surface area contributed by atoms with E-state index in [1.54, 1.807) is 0 Å². The number of ether oxygens (including phenoxy) is 1. The summed E-state index contributed by atoms with van der Waals surface area (Å²) in [5.41, 5.74) is 8.92. The number of benzene rings is 1. The summed E-state index contributed by atoms with van der Waals surface area (Å²) < 4.78 is 7.55. The van der Waals surface area contributed by atoms with Gasteiger partial charge < -0.3 is 20.2 Å². The number of nitrogens with zero attached hydrogens (tertiary/aromatic N) is 2. The Labute approximate surface area is 146 Å². The van der Waals surface area contributed by atoms with Crippen molar-refractivity contribution in [2.24, 2.45) is 0 Å². The highest BCUT2D eigenvalue weighted by atomic mass is 16.5. The van der Waals surface area contributed by atoms with E-state index in [9.17, 15) is 4.79 Å². The van der Waals surface area contributed by atoms with Crippen molar-refractivity contribution < 1.29 is 9.53 Å². The van der Waals surface area contributed by atoms with Gasteiger partial charge in [0, 0.05) is 30.2 Å². The first-order chi connectivity index (χ1) is 12.2. The summed E-state index contributed by atoms with van der Waals surface area (Å²) in [7, 11) is 0. The van der Waals surface area contributed by atoms with Crippen LogP contribution in [0.5, 0.6) is 5.75 Å². The van der Waals surface area contributed by atoms with Gasteiger partial charge >= 0.3 is 0 Å². The first-order valence-electron chi connectivity index (χ1n) is 8.40. The molecule has 1 aromatic carbocycles. The van der Waals surface area contributed by atoms with Gasteiger partial charge in [-0.15, -0.1) is 0 Å². The van der Waals surface area contributed by atoms with Gasteiger partial charge in [-0.2, -0.15) is 0 Å². The van der Waals surface area contributed by atoms with Crippen molar-refractivity contribution in [3.05, 3.63) is 48.8 Å². The smallest absolute Gasteiger partial charge is 0.257 e. The Balaban J connectivity index is 1.75. The third kappa shape index (κ3) is 4.09. The van der Waals surface area contributed by atoms with E-state index < -0.39 is 0 Å². The minimum Gasteiger partial charge on any atom is -0.480 e. The van der Waals surface area contributed by atoms with Crippen LogP contribution in [0.2, 0.25) is 0 Å². The maximum atomic E-state index is 11.8. The molecule has 2 aromatic heterocycles. The molecular formula is C19H22N4O2. The first kappa shape index (κ1) is 16.8. The number of amides is 1. The normalized spacial score (nSPS) is 10.8. The molecule has 0 aliphatic carbocycles. The van der Waals surface area contributed by atoms with Crippen LogP contribution in [0, 0.1) is 0 Å². The molecule has 3 rings (SSSR count). The lowest BCUT2D eigenvalue weighted by Crippen LogP contribution is -2.29. The Morgan fingerprint density at radius 3 is 2.84 bits per heavy atom. The molecule has 0 fully saturated rings. The van der Waals surface area contributed by atoms with E-state index in [4.69, 9.17) is 10.5 Å². The highest BCUT2D eigenvalue weighted by Crippen LogP contribution is 2.25. The topological polar surface area (TPSA) is 81.6 Å². The molecule has 0 aliphatic heterocycles. The number of anilines is 1. The quantitative estimate of drug-likeness (QED) is 0.513.